The molecule has 1 aliphatic rings. The SMILES string of the molecule is C/C=C\C(C/C1=C(C)/C=C\C/C=C\C1)=C(\C)Cc1cccc(C(/C=C(C)\C(=C/C)CC)CC)c1C. The minimum Gasteiger partial charge on any atom is -0.0874 e. The van der Waals surface area contributed by atoms with Crippen molar-refractivity contribution in [3.8, 4) is 0 Å². The van der Waals surface area contributed by atoms with Crippen LogP contribution in [0.25, 0.3) is 0 Å². The Kier molecular flexibility index (Phi) is 12.0. The molecule has 0 spiro atoms. The van der Waals surface area contributed by atoms with Gasteiger partial charge in [0, 0.05) is 5.92 Å². The lowest BCUT2D eigenvalue weighted by Crippen LogP contribution is -2.03. The quantitative estimate of drug-likeness (QED) is 0.236. The summed E-state index contributed by atoms with van der Waals surface area (Å²) in [7, 11) is 0. The molecule has 188 valence electrons. The summed E-state index contributed by atoms with van der Waals surface area (Å²) >= 11 is 0. The van der Waals surface area contributed by atoms with E-state index in [0.29, 0.717) is 5.92 Å². The van der Waals surface area contributed by atoms with Crippen LogP contribution in [0.1, 0.15) is 103 Å². The van der Waals surface area contributed by atoms with E-state index in [0.717, 1.165) is 38.5 Å². The third-order valence-electron chi connectivity index (χ3n) is 7.52. The van der Waals surface area contributed by atoms with E-state index in [2.05, 4.69) is 122 Å². The lowest BCUT2D eigenvalue weighted by atomic mass is 9.85. The van der Waals surface area contributed by atoms with Crippen molar-refractivity contribution < 1.29 is 0 Å². The van der Waals surface area contributed by atoms with Gasteiger partial charge in [0.1, 0.15) is 0 Å². The lowest BCUT2D eigenvalue weighted by Gasteiger charge is -2.20. The van der Waals surface area contributed by atoms with Gasteiger partial charge >= 0.3 is 0 Å². The Morgan fingerprint density at radius 3 is 2.43 bits per heavy atom. The molecule has 1 aromatic carbocycles. The second-order valence-corrected chi connectivity index (χ2v) is 9.92. The first kappa shape index (κ1) is 28.6. The minimum atomic E-state index is 0.456. The zero-order valence-corrected chi connectivity index (χ0v) is 23.7. The van der Waals surface area contributed by atoms with Crippen molar-refractivity contribution in [2.45, 2.75) is 99.8 Å². The molecule has 35 heavy (non-hydrogen) atoms. The number of hydrogen-bond acceptors (Lipinski definition) is 0. The van der Waals surface area contributed by atoms with Gasteiger partial charge in [-0.3, -0.25) is 0 Å². The molecule has 0 aromatic heterocycles. The largest absolute Gasteiger partial charge is 0.0874 e. The van der Waals surface area contributed by atoms with Crippen LogP contribution >= 0.6 is 0 Å². The average Bonchev–Trinajstić information content (AvgIpc) is 2.84. The molecule has 1 aliphatic carbocycles. The van der Waals surface area contributed by atoms with Crippen LogP contribution in [0, 0.1) is 6.92 Å². The van der Waals surface area contributed by atoms with Crippen molar-refractivity contribution in [1.82, 2.24) is 0 Å². The highest BCUT2D eigenvalue weighted by atomic mass is 14.2. The molecule has 2 rings (SSSR count). The summed E-state index contributed by atoms with van der Waals surface area (Å²) in [6, 6.07) is 6.93. The maximum absolute atomic E-state index is 2.49. The highest BCUT2D eigenvalue weighted by molar-refractivity contribution is 5.44. The smallest absolute Gasteiger partial charge is 0.00238 e. The Balaban J connectivity index is 2.40. The van der Waals surface area contributed by atoms with Crippen LogP contribution in [0.3, 0.4) is 0 Å². The predicted molar refractivity (Wildman–Crippen MR) is 158 cm³/mol. The van der Waals surface area contributed by atoms with Gasteiger partial charge in [-0.25, -0.2) is 0 Å². The van der Waals surface area contributed by atoms with E-state index in [-0.39, 0.29) is 0 Å². The standard InChI is InChI=1S/C35H48/c1-9-18-32(25-33-20-16-14-13-15-19-26(33)5)28(7)24-34-21-17-22-35(29(34)8)31(12-4)23-27(6)30(10-2)11-3/h9-10,14-19,21-23,31H,11-13,20,24-25H2,1-8H3/b16-14-,18-9-,19-15-,27-23-,30-10-,32-28+,33-26+. The third kappa shape index (κ3) is 8.24. The molecule has 0 heterocycles. The Labute approximate surface area is 216 Å². The van der Waals surface area contributed by atoms with E-state index < -0.39 is 0 Å². The molecular weight excluding hydrogens is 420 g/mol. The van der Waals surface area contributed by atoms with Crippen molar-refractivity contribution in [3.63, 3.8) is 0 Å². The van der Waals surface area contributed by atoms with Gasteiger partial charge in [0.25, 0.3) is 0 Å². The summed E-state index contributed by atoms with van der Waals surface area (Å²) in [4.78, 5) is 0. The second-order valence-electron chi connectivity index (χ2n) is 9.92. The summed E-state index contributed by atoms with van der Waals surface area (Å²) < 4.78 is 0. The fourth-order valence-corrected chi connectivity index (χ4v) is 5.16. The monoisotopic (exact) mass is 468 g/mol. The summed E-state index contributed by atoms with van der Waals surface area (Å²) in [6.07, 6.45) is 24.8. The molecule has 0 heteroatoms. The van der Waals surface area contributed by atoms with E-state index in [9.17, 15) is 0 Å². The van der Waals surface area contributed by atoms with E-state index >= 15 is 0 Å². The minimum absolute atomic E-state index is 0.456. The lowest BCUT2D eigenvalue weighted by molar-refractivity contribution is 0.788. The van der Waals surface area contributed by atoms with Gasteiger partial charge in [-0.1, -0.05) is 103 Å². The Morgan fingerprint density at radius 1 is 1.00 bits per heavy atom. The molecule has 1 unspecified atom stereocenters. The Hall–Kier alpha value is -2.60. The van der Waals surface area contributed by atoms with Crippen molar-refractivity contribution in [2.24, 2.45) is 0 Å². The topological polar surface area (TPSA) is 0 Å². The second kappa shape index (κ2) is 14.7. The molecule has 0 amide bonds. The van der Waals surface area contributed by atoms with E-state index in [4.69, 9.17) is 0 Å². The van der Waals surface area contributed by atoms with Crippen LogP contribution in [-0.2, 0) is 6.42 Å². The van der Waals surface area contributed by atoms with Gasteiger partial charge in [-0.2, -0.15) is 0 Å². The molecule has 0 nitrogen and oxygen atoms in total. The van der Waals surface area contributed by atoms with E-state index in [1.165, 1.54) is 50.1 Å². The van der Waals surface area contributed by atoms with Gasteiger partial charge in [-0.05, 0) is 108 Å². The summed E-state index contributed by atoms with van der Waals surface area (Å²) in [5.74, 6) is 0.456. The van der Waals surface area contributed by atoms with Crippen LogP contribution in [0.4, 0.5) is 0 Å². The van der Waals surface area contributed by atoms with Gasteiger partial charge < -0.3 is 0 Å². The van der Waals surface area contributed by atoms with Crippen molar-refractivity contribution in [2.75, 3.05) is 0 Å². The Bertz CT molecular complexity index is 1060. The molecule has 0 saturated heterocycles. The van der Waals surface area contributed by atoms with Crippen LogP contribution in [0.15, 0.2) is 100 Å². The maximum Gasteiger partial charge on any atom is 0.00238 e. The number of allylic oxidation sites excluding steroid dienone is 14. The van der Waals surface area contributed by atoms with Gasteiger partial charge in [-0.15, -0.1) is 0 Å². The first-order chi connectivity index (χ1) is 16.9. The zero-order chi connectivity index (χ0) is 25.8. The molecule has 0 fully saturated rings. The molecule has 1 atom stereocenters. The highest BCUT2D eigenvalue weighted by Crippen LogP contribution is 2.31. The van der Waals surface area contributed by atoms with Crippen LogP contribution < -0.4 is 0 Å². The molecular formula is C35H48. The average molecular weight is 469 g/mol. The van der Waals surface area contributed by atoms with Gasteiger partial charge in [0.2, 0.25) is 0 Å². The predicted octanol–water partition coefficient (Wildman–Crippen LogP) is 10.8. The molecule has 0 aliphatic heterocycles. The van der Waals surface area contributed by atoms with Crippen molar-refractivity contribution in [3.05, 3.63) is 117 Å². The van der Waals surface area contributed by atoms with Crippen molar-refractivity contribution >= 4 is 0 Å². The number of benzene rings is 1. The van der Waals surface area contributed by atoms with E-state index in [1.807, 2.05) is 0 Å². The maximum atomic E-state index is 2.49. The number of rotatable bonds is 10. The molecule has 0 radical (unpaired) electrons. The van der Waals surface area contributed by atoms with Crippen LogP contribution in [0.5, 0.6) is 0 Å². The van der Waals surface area contributed by atoms with Gasteiger partial charge in [0.15, 0.2) is 0 Å². The van der Waals surface area contributed by atoms with Crippen LogP contribution in [-0.4, -0.2) is 0 Å². The fourth-order valence-electron chi connectivity index (χ4n) is 5.16. The van der Waals surface area contributed by atoms with Gasteiger partial charge in [0.05, 0.1) is 0 Å². The third-order valence-corrected chi connectivity index (χ3v) is 7.52. The molecule has 0 bridgehead atoms. The normalized spacial score (nSPS) is 20.9. The van der Waals surface area contributed by atoms with Crippen LogP contribution in [0.2, 0.25) is 0 Å². The fraction of sp³-hybridized carbons (Fsp3) is 0.429. The first-order valence-corrected chi connectivity index (χ1v) is 13.6. The Morgan fingerprint density at radius 2 is 1.77 bits per heavy atom. The number of hydrogen-bond donors (Lipinski definition) is 0. The molecule has 0 saturated carbocycles. The zero-order valence-electron chi connectivity index (χ0n) is 23.7. The first-order valence-electron chi connectivity index (χ1n) is 13.6. The molecule has 0 N–H and O–H groups in total. The summed E-state index contributed by atoms with van der Waals surface area (Å²) in [6.45, 7) is 18.0. The van der Waals surface area contributed by atoms with Crippen molar-refractivity contribution in [1.29, 1.82) is 0 Å². The summed E-state index contributed by atoms with van der Waals surface area (Å²) in [5.41, 5.74) is 13.1. The highest BCUT2D eigenvalue weighted by Gasteiger charge is 2.14. The molecule has 1 aromatic rings. The summed E-state index contributed by atoms with van der Waals surface area (Å²) in [5, 5.41) is 0. The van der Waals surface area contributed by atoms with E-state index in [1.54, 1.807) is 0 Å².